The third-order valence-corrected chi connectivity index (χ3v) is 4.82. The molecule has 2 aromatic heterocycles. The predicted molar refractivity (Wildman–Crippen MR) is 90.6 cm³/mol. The first-order valence-corrected chi connectivity index (χ1v) is 8.58. The van der Waals surface area contributed by atoms with Crippen LogP contribution in [0.5, 0.6) is 0 Å². The van der Waals surface area contributed by atoms with Gasteiger partial charge in [-0.2, -0.15) is 0 Å². The number of H-pyrrole nitrogens is 1. The zero-order valence-electron chi connectivity index (χ0n) is 13.6. The highest BCUT2D eigenvalue weighted by molar-refractivity contribution is 5.87. The molecule has 3 N–H and O–H groups in total. The molecule has 0 spiro atoms. The molecule has 128 valence electrons. The first kappa shape index (κ1) is 16.5. The van der Waals surface area contributed by atoms with Gasteiger partial charge in [-0.25, -0.2) is 4.98 Å². The Morgan fingerprint density at radius 1 is 1.25 bits per heavy atom. The molecular formula is C18H23N3O3. The Balaban J connectivity index is 1.68. The number of nitrogens with zero attached hydrogens (tertiary/aromatic N) is 1. The van der Waals surface area contributed by atoms with Crippen molar-refractivity contribution in [2.24, 2.45) is 5.92 Å². The number of aromatic nitrogens is 2. The average Bonchev–Trinajstić information content (AvgIpc) is 2.93. The van der Waals surface area contributed by atoms with Crippen molar-refractivity contribution in [3.63, 3.8) is 0 Å². The lowest BCUT2D eigenvalue weighted by Crippen LogP contribution is -2.44. The van der Waals surface area contributed by atoms with Gasteiger partial charge < -0.3 is 15.4 Å². The van der Waals surface area contributed by atoms with E-state index >= 15 is 0 Å². The van der Waals surface area contributed by atoms with Gasteiger partial charge in [-0.15, -0.1) is 0 Å². The number of carbonyl (C=O) groups excluding carboxylic acids is 1. The summed E-state index contributed by atoms with van der Waals surface area (Å²) in [5, 5.41) is 13.4. The van der Waals surface area contributed by atoms with Gasteiger partial charge in [-0.1, -0.05) is 25.7 Å². The number of aromatic amines is 1. The fourth-order valence-electron chi connectivity index (χ4n) is 3.54. The van der Waals surface area contributed by atoms with Gasteiger partial charge in [0.25, 0.3) is 0 Å². The van der Waals surface area contributed by atoms with Crippen molar-refractivity contribution >= 4 is 22.9 Å². The van der Waals surface area contributed by atoms with Crippen LogP contribution in [0.4, 0.5) is 0 Å². The Hall–Kier alpha value is -2.37. The molecule has 2 heterocycles. The zero-order valence-corrected chi connectivity index (χ0v) is 13.6. The molecule has 1 aliphatic rings. The number of amides is 1. The molecule has 3 rings (SSSR count). The van der Waals surface area contributed by atoms with Crippen LogP contribution in [-0.4, -0.2) is 33.0 Å². The quantitative estimate of drug-likeness (QED) is 0.803. The standard InChI is InChI=1S/C18H23N3O3/c22-16(10-12-11-20-17-13(12)7-5-9-19-17)21-15-8-4-2-1-3-6-14(15)18(23)24/h5,7,9,11,14-15H,1-4,6,8,10H2,(H,19,20)(H,21,22)(H,23,24). The minimum atomic E-state index is -0.807. The molecule has 1 aliphatic carbocycles. The van der Waals surface area contributed by atoms with Crippen LogP contribution in [0.2, 0.25) is 0 Å². The first-order chi connectivity index (χ1) is 11.6. The summed E-state index contributed by atoms with van der Waals surface area (Å²) in [6.45, 7) is 0. The summed E-state index contributed by atoms with van der Waals surface area (Å²) in [6.07, 6.45) is 9.16. The summed E-state index contributed by atoms with van der Waals surface area (Å²) in [5.41, 5.74) is 1.64. The van der Waals surface area contributed by atoms with Gasteiger partial charge in [0.1, 0.15) is 5.65 Å². The number of rotatable bonds is 4. The second-order valence-corrected chi connectivity index (χ2v) is 6.50. The SMILES string of the molecule is O=C(Cc1c[nH]c2ncccc12)NC1CCCCCCC1C(=O)O. The normalized spacial score (nSPS) is 21.8. The number of nitrogens with one attached hydrogen (secondary N) is 2. The molecule has 1 amide bonds. The number of aliphatic carboxylic acids is 1. The molecule has 2 unspecified atom stereocenters. The van der Waals surface area contributed by atoms with Crippen molar-refractivity contribution in [2.75, 3.05) is 0 Å². The minimum Gasteiger partial charge on any atom is -0.481 e. The maximum absolute atomic E-state index is 12.5. The van der Waals surface area contributed by atoms with E-state index in [0.717, 1.165) is 48.7 Å². The van der Waals surface area contributed by atoms with Crippen molar-refractivity contribution in [3.8, 4) is 0 Å². The van der Waals surface area contributed by atoms with E-state index in [0.29, 0.717) is 6.42 Å². The van der Waals surface area contributed by atoms with E-state index in [1.165, 1.54) is 0 Å². The van der Waals surface area contributed by atoms with Crippen molar-refractivity contribution in [3.05, 3.63) is 30.1 Å². The van der Waals surface area contributed by atoms with E-state index in [1.807, 2.05) is 12.1 Å². The molecule has 6 heteroatoms. The van der Waals surface area contributed by atoms with Crippen molar-refractivity contribution in [1.82, 2.24) is 15.3 Å². The highest BCUT2D eigenvalue weighted by atomic mass is 16.4. The van der Waals surface area contributed by atoms with Crippen molar-refractivity contribution < 1.29 is 14.7 Å². The van der Waals surface area contributed by atoms with Crippen molar-refractivity contribution in [1.29, 1.82) is 0 Å². The molecule has 1 fully saturated rings. The second kappa shape index (κ2) is 7.47. The van der Waals surface area contributed by atoms with Crippen LogP contribution in [0.15, 0.2) is 24.5 Å². The smallest absolute Gasteiger partial charge is 0.308 e. The number of pyridine rings is 1. The number of fused-ring (bicyclic) bond motifs is 1. The summed E-state index contributed by atoms with van der Waals surface area (Å²) in [5.74, 6) is -1.42. The third kappa shape index (κ3) is 3.75. The maximum atomic E-state index is 12.5. The lowest BCUT2D eigenvalue weighted by molar-refractivity contribution is -0.143. The third-order valence-electron chi connectivity index (χ3n) is 4.82. The monoisotopic (exact) mass is 329 g/mol. The van der Waals surface area contributed by atoms with Crippen LogP contribution in [0, 0.1) is 5.92 Å². The number of hydrogen-bond donors (Lipinski definition) is 3. The zero-order chi connectivity index (χ0) is 16.9. The topological polar surface area (TPSA) is 95.1 Å². The Labute approximate surface area is 140 Å². The Morgan fingerprint density at radius 3 is 2.83 bits per heavy atom. The molecule has 24 heavy (non-hydrogen) atoms. The van der Waals surface area contributed by atoms with E-state index in [2.05, 4.69) is 15.3 Å². The fourth-order valence-corrected chi connectivity index (χ4v) is 3.54. The van der Waals surface area contributed by atoms with Crippen LogP contribution < -0.4 is 5.32 Å². The molecule has 2 atom stereocenters. The van der Waals surface area contributed by atoms with E-state index in [-0.39, 0.29) is 18.4 Å². The molecule has 0 radical (unpaired) electrons. The second-order valence-electron chi connectivity index (χ2n) is 6.50. The highest BCUT2D eigenvalue weighted by Crippen LogP contribution is 2.24. The van der Waals surface area contributed by atoms with Gasteiger partial charge in [0.15, 0.2) is 0 Å². The number of carboxylic acid groups (broad SMARTS) is 1. The molecule has 2 aromatic rings. The predicted octanol–water partition coefficient (Wildman–Crippen LogP) is 2.65. The van der Waals surface area contributed by atoms with Gasteiger partial charge >= 0.3 is 5.97 Å². The molecule has 6 nitrogen and oxygen atoms in total. The molecule has 0 saturated heterocycles. The summed E-state index contributed by atoms with van der Waals surface area (Å²) in [7, 11) is 0. The number of carbonyl (C=O) groups is 2. The maximum Gasteiger partial charge on any atom is 0.308 e. The summed E-state index contributed by atoms with van der Waals surface area (Å²) >= 11 is 0. The Kier molecular flexibility index (Phi) is 5.13. The average molecular weight is 329 g/mol. The van der Waals surface area contributed by atoms with Crippen LogP contribution >= 0.6 is 0 Å². The summed E-state index contributed by atoms with van der Waals surface area (Å²) in [4.78, 5) is 31.3. The minimum absolute atomic E-state index is 0.128. The largest absolute Gasteiger partial charge is 0.481 e. The van der Waals surface area contributed by atoms with Crippen molar-refractivity contribution in [2.45, 2.75) is 51.0 Å². The van der Waals surface area contributed by atoms with Gasteiger partial charge in [0.05, 0.1) is 12.3 Å². The van der Waals surface area contributed by atoms with Crippen LogP contribution in [0.1, 0.15) is 44.1 Å². The molecule has 0 aromatic carbocycles. The van der Waals surface area contributed by atoms with Gasteiger partial charge in [-0.05, 0) is 30.5 Å². The first-order valence-electron chi connectivity index (χ1n) is 8.58. The van der Waals surface area contributed by atoms with E-state index in [9.17, 15) is 14.7 Å². The van der Waals surface area contributed by atoms with E-state index in [4.69, 9.17) is 0 Å². The van der Waals surface area contributed by atoms with Crippen LogP contribution in [-0.2, 0) is 16.0 Å². The van der Waals surface area contributed by atoms with Gasteiger partial charge in [-0.3, -0.25) is 9.59 Å². The van der Waals surface area contributed by atoms with Gasteiger partial charge in [0.2, 0.25) is 5.91 Å². The summed E-state index contributed by atoms with van der Waals surface area (Å²) < 4.78 is 0. The lowest BCUT2D eigenvalue weighted by atomic mass is 9.86. The molecule has 0 bridgehead atoms. The van der Waals surface area contributed by atoms with Crippen LogP contribution in [0.25, 0.3) is 11.0 Å². The number of hydrogen-bond acceptors (Lipinski definition) is 3. The Morgan fingerprint density at radius 2 is 2.04 bits per heavy atom. The van der Waals surface area contributed by atoms with E-state index < -0.39 is 11.9 Å². The van der Waals surface area contributed by atoms with E-state index in [1.54, 1.807) is 12.4 Å². The fraction of sp³-hybridized carbons (Fsp3) is 0.500. The number of carboxylic acids is 1. The van der Waals surface area contributed by atoms with Gasteiger partial charge in [0, 0.05) is 23.8 Å². The summed E-state index contributed by atoms with van der Waals surface area (Å²) in [6, 6.07) is 3.49. The molecular weight excluding hydrogens is 306 g/mol. The van der Waals surface area contributed by atoms with Crippen LogP contribution in [0.3, 0.4) is 0 Å². The molecule has 1 saturated carbocycles. The Bertz CT molecular complexity index is 725. The lowest BCUT2D eigenvalue weighted by Gasteiger charge is -2.27. The highest BCUT2D eigenvalue weighted by Gasteiger charge is 2.29. The molecule has 0 aliphatic heterocycles.